The summed E-state index contributed by atoms with van der Waals surface area (Å²) in [6.07, 6.45) is 3.46. The van der Waals surface area contributed by atoms with Crippen molar-refractivity contribution in [2.45, 2.75) is 27.3 Å². The van der Waals surface area contributed by atoms with Crippen LogP contribution in [0, 0.1) is 0 Å². The minimum absolute atomic E-state index is 0.548. The van der Waals surface area contributed by atoms with Gasteiger partial charge in [-0.25, -0.2) is 9.97 Å². The van der Waals surface area contributed by atoms with Crippen LogP contribution in [-0.4, -0.2) is 14.5 Å². The number of anilines is 1. The maximum Gasteiger partial charge on any atom is 0.145 e. The van der Waals surface area contributed by atoms with Gasteiger partial charge in [0.15, 0.2) is 0 Å². The first-order chi connectivity index (χ1) is 6.83. The van der Waals surface area contributed by atoms with E-state index in [0.717, 1.165) is 17.6 Å². The Morgan fingerprint density at radius 2 is 2.07 bits per heavy atom. The van der Waals surface area contributed by atoms with Crippen molar-refractivity contribution in [3.8, 4) is 0 Å². The lowest BCUT2D eigenvalue weighted by molar-refractivity contribution is 0.786. The number of aromatic nitrogens is 3. The van der Waals surface area contributed by atoms with Gasteiger partial charge in [-0.2, -0.15) is 0 Å². The number of nitrogens with two attached hydrogens (primary N) is 1. The summed E-state index contributed by atoms with van der Waals surface area (Å²) in [5, 5.41) is 0.930. The van der Waals surface area contributed by atoms with E-state index < -0.39 is 0 Å². The molecule has 2 N–H and O–H groups in total. The molecule has 0 bridgehead atoms. The Hall–Kier alpha value is -1.58. The summed E-state index contributed by atoms with van der Waals surface area (Å²) in [5.74, 6) is 0.548. The van der Waals surface area contributed by atoms with E-state index in [1.165, 1.54) is 6.33 Å². The third-order valence-corrected chi connectivity index (χ3v) is 1.93. The molecule has 0 fully saturated rings. The van der Waals surface area contributed by atoms with Crippen molar-refractivity contribution in [1.29, 1.82) is 0 Å². The fourth-order valence-electron chi connectivity index (χ4n) is 1.28. The van der Waals surface area contributed by atoms with E-state index in [1.54, 1.807) is 0 Å². The predicted octanol–water partition coefficient (Wildman–Crippen LogP) is 2.06. The van der Waals surface area contributed by atoms with Gasteiger partial charge in [0.25, 0.3) is 0 Å². The Morgan fingerprint density at radius 1 is 1.36 bits per heavy atom. The molecule has 0 aliphatic heterocycles. The summed E-state index contributed by atoms with van der Waals surface area (Å²) >= 11 is 0. The molecule has 4 nitrogen and oxygen atoms in total. The third kappa shape index (κ3) is 1.69. The average Bonchev–Trinajstić information content (AvgIpc) is 2.65. The molecule has 0 saturated heterocycles. The molecule has 0 aliphatic carbocycles. The van der Waals surface area contributed by atoms with E-state index in [2.05, 4.69) is 16.9 Å². The van der Waals surface area contributed by atoms with E-state index in [1.807, 2.05) is 30.7 Å². The second-order valence-electron chi connectivity index (χ2n) is 2.60. The van der Waals surface area contributed by atoms with Crippen molar-refractivity contribution >= 4 is 16.9 Å². The molecule has 0 aromatic carbocycles. The molecule has 0 unspecified atom stereocenters. The topological polar surface area (TPSA) is 56.7 Å². The first kappa shape index (κ1) is 10.5. The normalized spacial score (nSPS) is 9.64. The highest BCUT2D eigenvalue weighted by atomic mass is 15.0. The van der Waals surface area contributed by atoms with Crippen molar-refractivity contribution in [3.05, 3.63) is 18.6 Å². The van der Waals surface area contributed by atoms with Crippen LogP contribution in [0.3, 0.4) is 0 Å². The lowest BCUT2D eigenvalue weighted by Crippen LogP contribution is -1.96. The molecule has 2 rings (SSSR count). The van der Waals surface area contributed by atoms with Crippen LogP contribution in [0.2, 0.25) is 0 Å². The second kappa shape index (κ2) is 4.60. The van der Waals surface area contributed by atoms with Gasteiger partial charge in [0.2, 0.25) is 0 Å². The molecule has 0 atom stereocenters. The average molecular weight is 192 g/mol. The number of nitrogen functional groups attached to an aromatic ring is 1. The smallest absolute Gasteiger partial charge is 0.145 e. The van der Waals surface area contributed by atoms with E-state index in [-0.39, 0.29) is 0 Å². The van der Waals surface area contributed by atoms with Crippen LogP contribution in [0.25, 0.3) is 11.0 Å². The Labute approximate surface area is 83.8 Å². The second-order valence-corrected chi connectivity index (χ2v) is 2.60. The van der Waals surface area contributed by atoms with Crippen molar-refractivity contribution in [1.82, 2.24) is 14.5 Å². The van der Waals surface area contributed by atoms with Gasteiger partial charge in [-0.3, -0.25) is 0 Å². The predicted molar refractivity (Wildman–Crippen MR) is 59.0 cm³/mol. The van der Waals surface area contributed by atoms with Gasteiger partial charge in [0.05, 0.1) is 5.39 Å². The third-order valence-electron chi connectivity index (χ3n) is 1.93. The number of hydrogen-bond acceptors (Lipinski definition) is 3. The Balaban J connectivity index is 0.000000461. The number of aryl methyl sites for hydroxylation is 1. The van der Waals surface area contributed by atoms with Gasteiger partial charge in [-0.05, 0) is 13.0 Å². The monoisotopic (exact) mass is 192 g/mol. The fraction of sp³-hybridized carbons (Fsp3) is 0.400. The maximum absolute atomic E-state index is 5.66. The maximum atomic E-state index is 5.66. The number of nitrogens with zero attached hydrogens (tertiary/aromatic N) is 3. The molecule has 14 heavy (non-hydrogen) atoms. The van der Waals surface area contributed by atoms with Gasteiger partial charge in [-0.1, -0.05) is 13.8 Å². The summed E-state index contributed by atoms with van der Waals surface area (Å²) in [5.41, 5.74) is 6.57. The zero-order valence-corrected chi connectivity index (χ0v) is 8.86. The molecule has 2 aromatic heterocycles. The highest BCUT2D eigenvalue weighted by Crippen LogP contribution is 2.16. The van der Waals surface area contributed by atoms with Crippen LogP contribution >= 0.6 is 0 Å². The summed E-state index contributed by atoms with van der Waals surface area (Å²) in [6, 6.07) is 1.94. The van der Waals surface area contributed by atoms with Gasteiger partial charge >= 0.3 is 0 Å². The van der Waals surface area contributed by atoms with E-state index in [0.29, 0.717) is 5.82 Å². The molecule has 4 heteroatoms. The molecule has 0 spiro atoms. The standard InChI is InChI=1S/C8H10N4.C2H6/c1-2-12-4-3-6-7(9)10-5-11-8(6)12;1-2/h3-5H,2H2,1H3,(H2,9,10,11);1-2H3. The minimum Gasteiger partial charge on any atom is -0.383 e. The number of rotatable bonds is 1. The highest BCUT2D eigenvalue weighted by molar-refractivity contribution is 5.85. The van der Waals surface area contributed by atoms with E-state index >= 15 is 0 Å². The summed E-state index contributed by atoms with van der Waals surface area (Å²) < 4.78 is 2.04. The van der Waals surface area contributed by atoms with Crippen LogP contribution in [-0.2, 0) is 6.54 Å². The van der Waals surface area contributed by atoms with Crippen molar-refractivity contribution in [3.63, 3.8) is 0 Å². The minimum atomic E-state index is 0.548. The zero-order valence-electron chi connectivity index (χ0n) is 8.86. The lowest BCUT2D eigenvalue weighted by atomic mass is 10.4. The first-order valence-electron chi connectivity index (χ1n) is 4.88. The number of hydrogen-bond donors (Lipinski definition) is 1. The van der Waals surface area contributed by atoms with Crippen LogP contribution in [0.1, 0.15) is 20.8 Å². The van der Waals surface area contributed by atoms with Crippen molar-refractivity contribution in [2.24, 2.45) is 0 Å². The van der Waals surface area contributed by atoms with Gasteiger partial charge < -0.3 is 10.3 Å². The Morgan fingerprint density at radius 3 is 2.71 bits per heavy atom. The molecule has 76 valence electrons. The van der Waals surface area contributed by atoms with Gasteiger partial charge in [0, 0.05) is 12.7 Å². The zero-order chi connectivity index (χ0) is 10.6. The quantitative estimate of drug-likeness (QED) is 0.752. The van der Waals surface area contributed by atoms with E-state index in [4.69, 9.17) is 5.73 Å². The van der Waals surface area contributed by atoms with Crippen LogP contribution < -0.4 is 5.73 Å². The lowest BCUT2D eigenvalue weighted by Gasteiger charge is -1.98. The Bertz CT molecular complexity index is 405. The first-order valence-corrected chi connectivity index (χ1v) is 4.88. The number of fused-ring (bicyclic) bond motifs is 1. The molecule has 0 amide bonds. The molecule has 2 aromatic rings. The summed E-state index contributed by atoms with van der Waals surface area (Å²) in [4.78, 5) is 8.05. The van der Waals surface area contributed by atoms with Crippen LogP contribution in [0.15, 0.2) is 18.6 Å². The van der Waals surface area contributed by atoms with Gasteiger partial charge in [-0.15, -0.1) is 0 Å². The fourth-order valence-corrected chi connectivity index (χ4v) is 1.28. The largest absolute Gasteiger partial charge is 0.383 e. The summed E-state index contributed by atoms with van der Waals surface area (Å²) in [7, 11) is 0. The molecular weight excluding hydrogens is 176 g/mol. The van der Waals surface area contributed by atoms with Crippen molar-refractivity contribution < 1.29 is 0 Å². The van der Waals surface area contributed by atoms with Gasteiger partial charge in [0.1, 0.15) is 17.8 Å². The molecular formula is C10H16N4. The van der Waals surface area contributed by atoms with Crippen molar-refractivity contribution in [2.75, 3.05) is 5.73 Å². The highest BCUT2D eigenvalue weighted by Gasteiger charge is 2.03. The Kier molecular flexibility index (Phi) is 3.45. The molecule has 0 saturated carbocycles. The SMILES string of the molecule is CC.CCn1ccc2c(N)ncnc21. The summed E-state index contributed by atoms with van der Waals surface area (Å²) in [6.45, 7) is 6.97. The van der Waals surface area contributed by atoms with Crippen LogP contribution in [0.5, 0.6) is 0 Å². The molecule has 0 radical (unpaired) electrons. The van der Waals surface area contributed by atoms with Crippen LogP contribution in [0.4, 0.5) is 5.82 Å². The van der Waals surface area contributed by atoms with E-state index in [9.17, 15) is 0 Å². The molecule has 0 aliphatic rings. The molecule has 2 heterocycles.